The van der Waals surface area contributed by atoms with Crippen molar-refractivity contribution in [1.29, 1.82) is 0 Å². The zero-order chi connectivity index (χ0) is 13.0. The average Bonchev–Trinajstić information content (AvgIpc) is 2.37. The molecule has 0 unspecified atom stereocenters. The molecule has 0 aliphatic rings. The van der Waals surface area contributed by atoms with Gasteiger partial charge in [0.15, 0.2) is 9.84 Å². The Morgan fingerprint density at radius 2 is 1.89 bits per heavy atom. The van der Waals surface area contributed by atoms with Crippen LogP contribution in [0.4, 0.5) is 0 Å². The van der Waals surface area contributed by atoms with Crippen LogP contribution in [0.1, 0.15) is 5.56 Å². The lowest BCUT2D eigenvalue weighted by Crippen LogP contribution is -2.05. The molecule has 0 aliphatic heterocycles. The molecule has 0 atom stereocenters. The second-order valence-corrected chi connectivity index (χ2v) is 5.87. The first kappa shape index (κ1) is 12.7. The second kappa shape index (κ2) is 5.27. The number of rotatable bonds is 4. The van der Waals surface area contributed by atoms with E-state index in [0.717, 1.165) is 16.7 Å². The Hall–Kier alpha value is -1.75. The van der Waals surface area contributed by atoms with Gasteiger partial charge in [-0.3, -0.25) is 9.97 Å². The van der Waals surface area contributed by atoms with Crippen molar-refractivity contribution in [2.75, 3.05) is 5.75 Å². The Morgan fingerprint density at radius 3 is 2.56 bits per heavy atom. The third-order valence-electron chi connectivity index (χ3n) is 2.56. The summed E-state index contributed by atoms with van der Waals surface area (Å²) < 4.78 is 22.2. The molecule has 2 aromatic rings. The van der Waals surface area contributed by atoms with Gasteiger partial charge in [0, 0.05) is 30.4 Å². The lowest BCUT2D eigenvalue weighted by atomic mass is 10.0. The van der Waals surface area contributed by atoms with Gasteiger partial charge in [-0.15, -0.1) is 0 Å². The van der Waals surface area contributed by atoms with E-state index < -0.39 is 9.84 Å². The summed E-state index contributed by atoms with van der Waals surface area (Å²) in [6.07, 6.45) is 10.4. The summed E-state index contributed by atoms with van der Waals surface area (Å²) in [5.41, 5.74) is 2.80. The molecule has 1 radical (unpaired) electrons. The topological polar surface area (TPSA) is 59.9 Å². The fourth-order valence-corrected chi connectivity index (χ4v) is 2.23. The highest BCUT2D eigenvalue weighted by Crippen LogP contribution is 2.22. The minimum absolute atomic E-state index is 0.0198. The second-order valence-electron chi connectivity index (χ2n) is 3.97. The van der Waals surface area contributed by atoms with Crippen molar-refractivity contribution in [3.63, 3.8) is 0 Å². The molecule has 2 aromatic heterocycles. The first-order valence-electron chi connectivity index (χ1n) is 5.45. The maximum atomic E-state index is 11.1. The zero-order valence-electron chi connectivity index (χ0n) is 9.78. The Labute approximate surface area is 107 Å². The number of hydrogen-bond donors (Lipinski definition) is 0. The number of aromatic nitrogens is 2. The average molecular weight is 261 g/mol. The molecule has 2 rings (SSSR count). The van der Waals surface area contributed by atoms with Gasteiger partial charge in [-0.25, -0.2) is 8.42 Å². The van der Waals surface area contributed by atoms with E-state index in [1.54, 1.807) is 24.8 Å². The molecule has 0 N–H and O–H groups in total. The molecule has 0 aliphatic carbocycles. The monoisotopic (exact) mass is 261 g/mol. The minimum Gasteiger partial charge on any atom is -0.264 e. The normalized spacial score (nSPS) is 11.4. The predicted octanol–water partition coefficient (Wildman–Crippen LogP) is 1.89. The first-order chi connectivity index (χ1) is 8.56. The van der Waals surface area contributed by atoms with Crippen molar-refractivity contribution in [1.82, 2.24) is 9.97 Å². The molecule has 2 heterocycles. The van der Waals surface area contributed by atoms with Crippen molar-refractivity contribution in [2.24, 2.45) is 0 Å². The van der Waals surface area contributed by atoms with Crippen molar-refractivity contribution < 1.29 is 8.42 Å². The maximum absolute atomic E-state index is 11.1. The molecule has 93 valence electrons. The van der Waals surface area contributed by atoms with E-state index in [2.05, 4.69) is 16.2 Å². The summed E-state index contributed by atoms with van der Waals surface area (Å²) in [5.74, 6) is 0.0198. The zero-order valence-corrected chi connectivity index (χ0v) is 10.6. The van der Waals surface area contributed by atoms with Crippen molar-refractivity contribution in [2.45, 2.75) is 6.42 Å². The van der Waals surface area contributed by atoms with Gasteiger partial charge in [-0.2, -0.15) is 0 Å². The molecule has 0 fully saturated rings. The smallest absolute Gasteiger partial charge is 0.151 e. The highest BCUT2D eigenvalue weighted by atomic mass is 32.2. The van der Waals surface area contributed by atoms with Crippen LogP contribution in [0.2, 0.25) is 0 Å². The van der Waals surface area contributed by atoms with E-state index in [-0.39, 0.29) is 5.75 Å². The SMILES string of the molecule is [CH2]S(=O)(=O)CCc1cnccc1-c1cccnc1. The summed E-state index contributed by atoms with van der Waals surface area (Å²) in [7, 11) is -3.21. The van der Waals surface area contributed by atoms with Gasteiger partial charge in [-0.05, 0) is 29.7 Å². The van der Waals surface area contributed by atoms with Gasteiger partial charge in [0.25, 0.3) is 0 Å². The van der Waals surface area contributed by atoms with Crippen LogP contribution in [-0.2, 0) is 16.3 Å². The Morgan fingerprint density at radius 1 is 1.11 bits per heavy atom. The van der Waals surface area contributed by atoms with Crippen LogP contribution in [0.15, 0.2) is 43.0 Å². The molecule has 0 spiro atoms. The van der Waals surface area contributed by atoms with Crippen LogP contribution in [-0.4, -0.2) is 24.1 Å². The highest BCUT2D eigenvalue weighted by molar-refractivity contribution is 7.92. The minimum atomic E-state index is -3.21. The van der Waals surface area contributed by atoms with E-state index >= 15 is 0 Å². The van der Waals surface area contributed by atoms with Gasteiger partial charge < -0.3 is 0 Å². The highest BCUT2D eigenvalue weighted by Gasteiger charge is 2.08. The lowest BCUT2D eigenvalue weighted by Gasteiger charge is -2.08. The largest absolute Gasteiger partial charge is 0.264 e. The number of nitrogens with zero attached hydrogens (tertiary/aromatic N) is 2. The van der Waals surface area contributed by atoms with Gasteiger partial charge in [0.05, 0.1) is 12.0 Å². The summed E-state index contributed by atoms with van der Waals surface area (Å²) in [6.45, 7) is 0. The summed E-state index contributed by atoms with van der Waals surface area (Å²) in [6, 6.07) is 5.64. The Bertz CT molecular complexity index is 624. The van der Waals surface area contributed by atoms with Crippen LogP contribution >= 0.6 is 0 Å². The van der Waals surface area contributed by atoms with Crippen molar-refractivity contribution in [3.05, 3.63) is 54.8 Å². The van der Waals surface area contributed by atoms with Gasteiger partial charge in [0.1, 0.15) is 0 Å². The van der Waals surface area contributed by atoms with Crippen LogP contribution < -0.4 is 0 Å². The van der Waals surface area contributed by atoms with Crippen LogP contribution in [0.25, 0.3) is 11.1 Å². The number of aryl methyl sites for hydroxylation is 1. The predicted molar refractivity (Wildman–Crippen MR) is 70.3 cm³/mol. The van der Waals surface area contributed by atoms with Crippen LogP contribution in [0, 0.1) is 6.26 Å². The molecule has 5 heteroatoms. The molecule has 18 heavy (non-hydrogen) atoms. The third kappa shape index (κ3) is 3.37. The quantitative estimate of drug-likeness (QED) is 0.843. The standard InChI is InChI=1S/C13H13N2O2S/c1-18(16,17)8-5-12-10-15-7-4-13(12)11-3-2-6-14-9-11/h2-4,6-7,9-10H,1,5,8H2. The summed E-state index contributed by atoms with van der Waals surface area (Å²) in [4.78, 5) is 8.10. The Balaban J connectivity index is 2.32. The number of hydrogen-bond acceptors (Lipinski definition) is 4. The fraction of sp³-hybridized carbons (Fsp3) is 0.154. The molecule has 4 nitrogen and oxygen atoms in total. The lowest BCUT2D eigenvalue weighted by molar-refractivity contribution is 0.603. The van der Waals surface area contributed by atoms with Gasteiger partial charge in [-0.1, -0.05) is 6.07 Å². The van der Waals surface area contributed by atoms with E-state index in [1.165, 1.54) is 0 Å². The molecule has 0 aromatic carbocycles. The summed E-state index contributed by atoms with van der Waals surface area (Å²) in [5, 5.41) is 0. The van der Waals surface area contributed by atoms with E-state index in [1.807, 2.05) is 18.2 Å². The number of pyridine rings is 2. The molecule has 0 bridgehead atoms. The summed E-state index contributed by atoms with van der Waals surface area (Å²) >= 11 is 0. The molecular formula is C13H13N2O2S. The van der Waals surface area contributed by atoms with Gasteiger partial charge in [0.2, 0.25) is 0 Å². The van der Waals surface area contributed by atoms with Crippen LogP contribution in [0.5, 0.6) is 0 Å². The number of sulfone groups is 1. The molecule has 0 saturated heterocycles. The molecule has 0 amide bonds. The van der Waals surface area contributed by atoms with E-state index in [4.69, 9.17) is 0 Å². The van der Waals surface area contributed by atoms with Crippen molar-refractivity contribution >= 4 is 9.84 Å². The van der Waals surface area contributed by atoms with E-state index in [0.29, 0.717) is 6.42 Å². The third-order valence-corrected chi connectivity index (χ3v) is 3.38. The van der Waals surface area contributed by atoms with Crippen LogP contribution in [0.3, 0.4) is 0 Å². The maximum Gasteiger partial charge on any atom is 0.151 e. The fourth-order valence-electron chi connectivity index (χ4n) is 1.70. The van der Waals surface area contributed by atoms with E-state index in [9.17, 15) is 8.42 Å². The van der Waals surface area contributed by atoms with Gasteiger partial charge >= 0.3 is 0 Å². The molecule has 0 saturated carbocycles. The first-order valence-corrected chi connectivity index (χ1v) is 7.27. The Kier molecular flexibility index (Phi) is 3.72. The van der Waals surface area contributed by atoms with Crippen molar-refractivity contribution in [3.8, 4) is 11.1 Å². The molecular weight excluding hydrogens is 248 g/mol.